The second-order valence-corrected chi connectivity index (χ2v) is 4.90. The molecule has 0 aliphatic carbocycles. The van der Waals surface area contributed by atoms with E-state index in [0.717, 1.165) is 18.2 Å². The molecular formula is C14H8BrF2NO3. The molecular weight excluding hydrogens is 348 g/mol. The summed E-state index contributed by atoms with van der Waals surface area (Å²) in [5, 5.41) is 11.2. The highest BCUT2D eigenvalue weighted by Gasteiger charge is 2.17. The topological polar surface area (TPSA) is 66.4 Å². The number of benzene rings is 2. The van der Waals surface area contributed by atoms with E-state index in [4.69, 9.17) is 5.11 Å². The van der Waals surface area contributed by atoms with Crippen LogP contribution in [0.4, 0.5) is 14.5 Å². The Morgan fingerprint density at radius 3 is 2.48 bits per heavy atom. The van der Waals surface area contributed by atoms with Crippen molar-refractivity contribution in [2.45, 2.75) is 0 Å². The minimum Gasteiger partial charge on any atom is -0.478 e. The summed E-state index contributed by atoms with van der Waals surface area (Å²) in [5.74, 6) is -3.75. The molecule has 21 heavy (non-hydrogen) atoms. The molecule has 0 saturated heterocycles. The first kappa shape index (κ1) is 15.1. The molecule has 0 unspecified atom stereocenters. The smallest absolute Gasteiger partial charge is 0.337 e. The average Bonchev–Trinajstić information content (AvgIpc) is 2.43. The largest absolute Gasteiger partial charge is 0.478 e. The van der Waals surface area contributed by atoms with Gasteiger partial charge in [-0.05, 0) is 46.3 Å². The van der Waals surface area contributed by atoms with Crippen LogP contribution in [-0.4, -0.2) is 17.0 Å². The number of anilines is 1. The molecule has 0 aliphatic heterocycles. The Hall–Kier alpha value is -2.28. The van der Waals surface area contributed by atoms with Crippen LogP contribution in [0.15, 0.2) is 40.9 Å². The van der Waals surface area contributed by atoms with Crippen LogP contribution in [0.2, 0.25) is 0 Å². The van der Waals surface area contributed by atoms with Gasteiger partial charge in [-0.15, -0.1) is 0 Å². The number of aromatic carboxylic acids is 1. The molecule has 2 N–H and O–H groups in total. The lowest BCUT2D eigenvalue weighted by atomic mass is 10.1. The van der Waals surface area contributed by atoms with Crippen LogP contribution >= 0.6 is 15.9 Å². The highest BCUT2D eigenvalue weighted by Crippen LogP contribution is 2.22. The standard InChI is InChI=1S/C14H8BrF2NO3/c15-10-3-1-2-8(12(10)17)13(19)18-11-5-4-7(16)6-9(11)14(20)21/h1-6H,(H,18,19)(H,20,21). The normalized spacial score (nSPS) is 10.2. The number of rotatable bonds is 3. The summed E-state index contributed by atoms with van der Waals surface area (Å²) < 4.78 is 26.9. The fraction of sp³-hybridized carbons (Fsp3) is 0. The first-order valence-electron chi connectivity index (χ1n) is 5.68. The Labute approximate surface area is 126 Å². The van der Waals surface area contributed by atoms with Crippen molar-refractivity contribution in [1.29, 1.82) is 0 Å². The lowest BCUT2D eigenvalue weighted by Crippen LogP contribution is -2.16. The third-order valence-corrected chi connectivity index (χ3v) is 3.27. The maximum Gasteiger partial charge on any atom is 0.337 e. The number of amides is 1. The van der Waals surface area contributed by atoms with Crippen molar-refractivity contribution < 1.29 is 23.5 Å². The van der Waals surface area contributed by atoms with Crippen molar-refractivity contribution in [3.8, 4) is 0 Å². The SMILES string of the molecule is O=C(O)c1cc(F)ccc1NC(=O)c1cccc(Br)c1F. The molecule has 0 spiro atoms. The monoisotopic (exact) mass is 355 g/mol. The van der Waals surface area contributed by atoms with Gasteiger partial charge in [-0.3, -0.25) is 4.79 Å². The van der Waals surface area contributed by atoms with E-state index in [1.165, 1.54) is 18.2 Å². The molecule has 0 fully saturated rings. The first-order valence-corrected chi connectivity index (χ1v) is 6.47. The summed E-state index contributed by atoms with van der Waals surface area (Å²) >= 11 is 2.95. The van der Waals surface area contributed by atoms with Gasteiger partial charge in [-0.2, -0.15) is 0 Å². The molecule has 0 saturated carbocycles. The summed E-state index contributed by atoms with van der Waals surface area (Å²) in [7, 11) is 0. The zero-order valence-corrected chi connectivity index (χ0v) is 11.9. The van der Waals surface area contributed by atoms with Crippen molar-refractivity contribution in [2.75, 3.05) is 5.32 Å². The van der Waals surface area contributed by atoms with E-state index in [1.54, 1.807) is 0 Å². The minimum atomic E-state index is -1.40. The molecule has 108 valence electrons. The third kappa shape index (κ3) is 3.25. The molecule has 2 aromatic carbocycles. The molecule has 0 aliphatic rings. The van der Waals surface area contributed by atoms with Gasteiger partial charge in [0.15, 0.2) is 0 Å². The van der Waals surface area contributed by atoms with Gasteiger partial charge in [0.1, 0.15) is 11.6 Å². The number of hydrogen-bond donors (Lipinski definition) is 2. The van der Waals surface area contributed by atoms with E-state index in [1.807, 2.05) is 0 Å². The Morgan fingerprint density at radius 1 is 1.10 bits per heavy atom. The van der Waals surface area contributed by atoms with Gasteiger partial charge in [-0.25, -0.2) is 13.6 Å². The van der Waals surface area contributed by atoms with Crippen LogP contribution < -0.4 is 5.32 Å². The van der Waals surface area contributed by atoms with Crippen molar-refractivity contribution in [3.05, 3.63) is 63.6 Å². The molecule has 2 aromatic rings. The summed E-state index contributed by atoms with van der Waals surface area (Å²) in [4.78, 5) is 23.0. The van der Waals surface area contributed by atoms with E-state index in [0.29, 0.717) is 0 Å². The molecule has 4 nitrogen and oxygen atoms in total. The van der Waals surface area contributed by atoms with Crippen LogP contribution in [0.5, 0.6) is 0 Å². The minimum absolute atomic E-state index is 0.104. The molecule has 0 bridgehead atoms. The molecule has 2 rings (SSSR count). The Balaban J connectivity index is 2.36. The van der Waals surface area contributed by atoms with Gasteiger partial charge in [0.05, 0.1) is 21.3 Å². The zero-order chi connectivity index (χ0) is 15.6. The zero-order valence-electron chi connectivity index (χ0n) is 10.4. The number of carboxylic acid groups (broad SMARTS) is 1. The number of carbonyl (C=O) groups excluding carboxylic acids is 1. The Bertz CT molecular complexity index is 734. The summed E-state index contributed by atoms with van der Waals surface area (Å²) in [6, 6.07) is 7.01. The number of hydrogen-bond acceptors (Lipinski definition) is 2. The van der Waals surface area contributed by atoms with Gasteiger partial charge < -0.3 is 10.4 Å². The fourth-order valence-corrected chi connectivity index (χ4v) is 2.04. The highest BCUT2D eigenvalue weighted by molar-refractivity contribution is 9.10. The molecule has 0 radical (unpaired) electrons. The van der Waals surface area contributed by atoms with Crippen LogP contribution in [0.3, 0.4) is 0 Å². The number of nitrogens with one attached hydrogen (secondary N) is 1. The van der Waals surface area contributed by atoms with E-state index in [2.05, 4.69) is 21.2 Å². The van der Waals surface area contributed by atoms with Crippen molar-refractivity contribution in [3.63, 3.8) is 0 Å². The van der Waals surface area contributed by atoms with E-state index in [-0.39, 0.29) is 15.7 Å². The van der Waals surface area contributed by atoms with Gasteiger partial charge >= 0.3 is 5.97 Å². The maximum absolute atomic E-state index is 13.8. The average molecular weight is 356 g/mol. The van der Waals surface area contributed by atoms with Crippen molar-refractivity contribution in [1.82, 2.24) is 0 Å². The summed E-state index contributed by atoms with van der Waals surface area (Å²) in [5.41, 5.74) is -0.794. The van der Waals surface area contributed by atoms with Gasteiger partial charge in [0.2, 0.25) is 0 Å². The van der Waals surface area contributed by atoms with E-state index >= 15 is 0 Å². The molecule has 0 aromatic heterocycles. The maximum atomic E-state index is 13.8. The predicted octanol–water partition coefficient (Wildman–Crippen LogP) is 3.68. The van der Waals surface area contributed by atoms with Crippen molar-refractivity contribution in [2.24, 2.45) is 0 Å². The molecule has 0 atom stereocenters. The Morgan fingerprint density at radius 2 is 1.81 bits per heavy atom. The molecule has 1 amide bonds. The number of carboxylic acids is 1. The highest BCUT2D eigenvalue weighted by atomic mass is 79.9. The molecule has 0 heterocycles. The van der Waals surface area contributed by atoms with E-state index < -0.39 is 29.1 Å². The fourth-order valence-electron chi connectivity index (χ4n) is 1.67. The number of halogens is 3. The number of carbonyl (C=O) groups is 2. The lowest BCUT2D eigenvalue weighted by Gasteiger charge is -2.09. The van der Waals surface area contributed by atoms with Gasteiger partial charge in [-0.1, -0.05) is 6.07 Å². The van der Waals surface area contributed by atoms with Crippen molar-refractivity contribution >= 4 is 33.5 Å². The summed E-state index contributed by atoms with van der Waals surface area (Å²) in [6.45, 7) is 0. The Kier molecular flexibility index (Phi) is 4.32. The van der Waals surface area contributed by atoms with Crippen LogP contribution in [0.25, 0.3) is 0 Å². The third-order valence-electron chi connectivity index (χ3n) is 2.66. The van der Waals surface area contributed by atoms with Crippen LogP contribution in [0, 0.1) is 11.6 Å². The quantitative estimate of drug-likeness (QED) is 0.882. The second kappa shape index (κ2) is 6.01. The second-order valence-electron chi connectivity index (χ2n) is 4.05. The van der Waals surface area contributed by atoms with Crippen LogP contribution in [0.1, 0.15) is 20.7 Å². The van der Waals surface area contributed by atoms with Gasteiger partial charge in [0.25, 0.3) is 5.91 Å². The first-order chi connectivity index (χ1) is 9.90. The predicted molar refractivity (Wildman–Crippen MR) is 75.4 cm³/mol. The summed E-state index contributed by atoms with van der Waals surface area (Å²) in [6.07, 6.45) is 0. The van der Waals surface area contributed by atoms with E-state index in [9.17, 15) is 18.4 Å². The molecule has 7 heteroatoms. The van der Waals surface area contributed by atoms with Crippen LogP contribution in [-0.2, 0) is 0 Å². The van der Waals surface area contributed by atoms with Gasteiger partial charge in [0, 0.05) is 0 Å². The lowest BCUT2D eigenvalue weighted by molar-refractivity contribution is 0.0697.